The van der Waals surface area contributed by atoms with Gasteiger partial charge >= 0.3 is 0 Å². The largest absolute Gasteiger partial charge is 0.312 e. The summed E-state index contributed by atoms with van der Waals surface area (Å²) in [5.74, 6) is -0.0124. The zero-order chi connectivity index (χ0) is 13.1. The summed E-state index contributed by atoms with van der Waals surface area (Å²) in [6, 6.07) is 9.13. The number of carbonyl (C=O) groups is 1. The van der Waals surface area contributed by atoms with Gasteiger partial charge in [-0.25, -0.2) is 0 Å². The maximum Gasteiger partial charge on any atom is 0.253 e. The molecule has 0 aliphatic carbocycles. The lowest BCUT2D eigenvalue weighted by Crippen LogP contribution is -2.38. The van der Waals surface area contributed by atoms with Crippen molar-refractivity contribution in [1.29, 1.82) is 5.26 Å². The summed E-state index contributed by atoms with van der Waals surface area (Å²) < 4.78 is 0. The number of rotatable bonds is 2. The van der Waals surface area contributed by atoms with E-state index in [9.17, 15) is 4.79 Å². The molecule has 1 fully saturated rings. The molecule has 2 rings (SSSR count). The summed E-state index contributed by atoms with van der Waals surface area (Å²) >= 11 is 0. The minimum absolute atomic E-state index is 0.0124. The van der Waals surface area contributed by atoms with Crippen LogP contribution in [0.15, 0.2) is 35.4 Å². The second kappa shape index (κ2) is 5.03. The van der Waals surface area contributed by atoms with E-state index in [0.717, 1.165) is 29.9 Å². The smallest absolute Gasteiger partial charge is 0.253 e. The van der Waals surface area contributed by atoms with Crippen molar-refractivity contribution in [2.75, 3.05) is 25.0 Å². The fraction of sp³-hybridized carbons (Fsp3) is 0.286. The monoisotopic (exact) mass is 241 g/mol. The van der Waals surface area contributed by atoms with Crippen LogP contribution in [0.5, 0.6) is 0 Å². The molecule has 0 aromatic heterocycles. The zero-order valence-corrected chi connectivity index (χ0v) is 10.5. The van der Waals surface area contributed by atoms with Gasteiger partial charge in [-0.05, 0) is 30.7 Å². The molecule has 1 aliphatic heterocycles. The Balaban J connectivity index is 2.23. The molecule has 0 radical (unpaired) electrons. The van der Waals surface area contributed by atoms with Crippen LogP contribution in [0, 0.1) is 11.3 Å². The first-order valence-corrected chi connectivity index (χ1v) is 5.81. The van der Waals surface area contributed by atoms with E-state index >= 15 is 0 Å². The van der Waals surface area contributed by atoms with Crippen molar-refractivity contribution in [2.24, 2.45) is 0 Å². The molecule has 0 atom stereocenters. The molecule has 1 N–H and O–H groups in total. The first-order valence-electron chi connectivity index (χ1n) is 5.81. The highest BCUT2D eigenvalue weighted by Crippen LogP contribution is 2.18. The zero-order valence-electron chi connectivity index (χ0n) is 10.5. The number of amides is 1. The third-order valence-corrected chi connectivity index (χ3v) is 3.20. The molecule has 1 amide bonds. The molecule has 4 nitrogen and oxygen atoms in total. The topological polar surface area (TPSA) is 56.1 Å². The lowest BCUT2D eigenvalue weighted by Gasteiger charge is -2.24. The average molecular weight is 241 g/mol. The minimum atomic E-state index is -0.0124. The fourth-order valence-corrected chi connectivity index (χ4v) is 1.82. The number of nitrogens with zero attached hydrogens (tertiary/aromatic N) is 2. The lowest BCUT2D eigenvalue weighted by atomic mass is 10.0. The molecule has 1 aliphatic rings. The van der Waals surface area contributed by atoms with Crippen LogP contribution in [-0.4, -0.2) is 26.0 Å². The van der Waals surface area contributed by atoms with E-state index in [1.165, 1.54) is 0 Å². The van der Waals surface area contributed by atoms with Crippen molar-refractivity contribution in [3.63, 3.8) is 0 Å². The van der Waals surface area contributed by atoms with E-state index in [1.807, 2.05) is 13.0 Å². The number of nitrogens with one attached hydrogen (secondary N) is 1. The maximum atomic E-state index is 12.2. The number of hydrogen-bond acceptors (Lipinski definition) is 3. The van der Waals surface area contributed by atoms with Crippen molar-refractivity contribution in [2.45, 2.75) is 6.92 Å². The molecule has 0 spiro atoms. The third-order valence-electron chi connectivity index (χ3n) is 3.20. The third kappa shape index (κ3) is 2.27. The highest BCUT2D eigenvalue weighted by Gasteiger charge is 2.19. The summed E-state index contributed by atoms with van der Waals surface area (Å²) in [7, 11) is 1.73. The van der Waals surface area contributed by atoms with Crippen molar-refractivity contribution < 1.29 is 4.79 Å². The van der Waals surface area contributed by atoms with Crippen molar-refractivity contribution in [3.05, 3.63) is 41.0 Å². The van der Waals surface area contributed by atoms with Gasteiger partial charge in [0.25, 0.3) is 5.91 Å². The predicted molar refractivity (Wildman–Crippen MR) is 70.1 cm³/mol. The van der Waals surface area contributed by atoms with Gasteiger partial charge in [-0.1, -0.05) is 6.07 Å². The predicted octanol–water partition coefficient (Wildman–Crippen LogP) is 1.44. The van der Waals surface area contributed by atoms with E-state index in [-0.39, 0.29) is 5.91 Å². The van der Waals surface area contributed by atoms with Crippen molar-refractivity contribution >= 4 is 11.6 Å². The number of anilines is 1. The van der Waals surface area contributed by atoms with E-state index in [4.69, 9.17) is 5.26 Å². The van der Waals surface area contributed by atoms with Gasteiger partial charge in [-0.2, -0.15) is 5.26 Å². The number of benzene rings is 1. The Bertz CT molecular complexity index is 548. The number of hydrogen-bond donors (Lipinski definition) is 1. The summed E-state index contributed by atoms with van der Waals surface area (Å²) in [6.45, 7) is 3.44. The van der Waals surface area contributed by atoms with Crippen molar-refractivity contribution in [3.8, 4) is 6.07 Å². The van der Waals surface area contributed by atoms with Crippen LogP contribution < -0.4 is 10.2 Å². The average Bonchev–Trinajstić information content (AvgIpc) is 2.35. The van der Waals surface area contributed by atoms with Crippen molar-refractivity contribution in [1.82, 2.24) is 5.32 Å². The maximum absolute atomic E-state index is 12.2. The van der Waals surface area contributed by atoms with Gasteiger partial charge in [0.15, 0.2) is 0 Å². The molecule has 0 bridgehead atoms. The summed E-state index contributed by atoms with van der Waals surface area (Å²) in [5, 5.41) is 12.0. The molecule has 18 heavy (non-hydrogen) atoms. The highest BCUT2D eigenvalue weighted by molar-refractivity contribution is 6.05. The molecule has 1 aromatic rings. The van der Waals surface area contributed by atoms with Crippen LogP contribution in [0.4, 0.5) is 5.69 Å². The SMILES string of the molecule is CC(C(=O)N(C)c1cccc(C#N)c1)=C1CNC1. The van der Waals surface area contributed by atoms with Crippen LogP contribution in [0.3, 0.4) is 0 Å². The molecule has 0 unspecified atom stereocenters. The molecule has 1 heterocycles. The van der Waals surface area contributed by atoms with Crippen LogP contribution in [0.2, 0.25) is 0 Å². The van der Waals surface area contributed by atoms with Crippen LogP contribution in [-0.2, 0) is 4.79 Å². The van der Waals surface area contributed by atoms with E-state index in [1.54, 1.807) is 30.1 Å². The van der Waals surface area contributed by atoms with E-state index in [0.29, 0.717) is 5.56 Å². The Labute approximate surface area is 107 Å². The van der Waals surface area contributed by atoms with Gasteiger partial charge in [-0.15, -0.1) is 0 Å². The van der Waals surface area contributed by atoms with Gasteiger partial charge in [0, 0.05) is 31.4 Å². The van der Waals surface area contributed by atoms with E-state index < -0.39 is 0 Å². The summed E-state index contributed by atoms with van der Waals surface area (Å²) in [4.78, 5) is 13.8. The Kier molecular flexibility index (Phi) is 3.45. The first-order chi connectivity index (χ1) is 8.63. The molecular formula is C14H15N3O. The standard InChI is InChI=1S/C14H15N3O/c1-10(12-8-16-9-12)14(18)17(2)13-5-3-4-11(6-13)7-15/h3-6,16H,8-9H2,1-2H3. The molecule has 1 saturated heterocycles. The van der Waals surface area contributed by atoms with Crippen LogP contribution >= 0.6 is 0 Å². The van der Waals surface area contributed by atoms with Crippen LogP contribution in [0.1, 0.15) is 12.5 Å². The Morgan fingerprint density at radius 2 is 2.17 bits per heavy atom. The van der Waals surface area contributed by atoms with Crippen LogP contribution in [0.25, 0.3) is 0 Å². The number of carbonyl (C=O) groups excluding carboxylic acids is 1. The summed E-state index contributed by atoms with van der Waals surface area (Å²) in [6.07, 6.45) is 0. The van der Waals surface area contributed by atoms with Gasteiger partial charge in [0.1, 0.15) is 0 Å². The highest BCUT2D eigenvalue weighted by atomic mass is 16.2. The molecule has 1 aromatic carbocycles. The number of likely N-dealkylation sites (N-methyl/N-ethyl adjacent to an activating group) is 1. The minimum Gasteiger partial charge on any atom is -0.312 e. The quantitative estimate of drug-likeness (QED) is 0.797. The molecular weight excluding hydrogens is 226 g/mol. The molecule has 92 valence electrons. The van der Waals surface area contributed by atoms with Gasteiger partial charge in [-0.3, -0.25) is 4.79 Å². The van der Waals surface area contributed by atoms with Gasteiger partial charge in [0.2, 0.25) is 0 Å². The summed E-state index contributed by atoms with van der Waals surface area (Å²) in [5.41, 5.74) is 3.25. The fourth-order valence-electron chi connectivity index (χ4n) is 1.82. The lowest BCUT2D eigenvalue weighted by molar-refractivity contribution is -0.114. The Hall–Kier alpha value is -2.12. The molecule has 4 heteroatoms. The number of nitriles is 1. The van der Waals surface area contributed by atoms with Gasteiger partial charge in [0.05, 0.1) is 11.6 Å². The second-order valence-corrected chi connectivity index (χ2v) is 4.36. The second-order valence-electron chi connectivity index (χ2n) is 4.36. The Morgan fingerprint density at radius 3 is 2.72 bits per heavy atom. The normalized spacial score (nSPS) is 13.5. The van der Waals surface area contributed by atoms with Gasteiger partial charge < -0.3 is 10.2 Å². The molecule has 0 saturated carbocycles. The van der Waals surface area contributed by atoms with E-state index in [2.05, 4.69) is 11.4 Å². The Morgan fingerprint density at radius 1 is 1.44 bits per heavy atom. The first kappa shape index (κ1) is 12.3.